The highest BCUT2D eigenvalue weighted by atomic mass is 16.5. The van der Waals surface area contributed by atoms with Gasteiger partial charge in [-0.15, -0.1) is 0 Å². The monoisotopic (exact) mass is 414 g/mol. The van der Waals surface area contributed by atoms with Crippen molar-refractivity contribution in [2.24, 2.45) is 11.8 Å². The van der Waals surface area contributed by atoms with Crippen molar-refractivity contribution in [2.45, 2.75) is 38.5 Å². The summed E-state index contributed by atoms with van der Waals surface area (Å²) in [7, 11) is 4.95. The summed E-state index contributed by atoms with van der Waals surface area (Å²) in [6.45, 7) is 6.52. The van der Waals surface area contributed by atoms with Crippen molar-refractivity contribution in [3.63, 3.8) is 0 Å². The van der Waals surface area contributed by atoms with Crippen LogP contribution < -0.4 is 14.2 Å². The van der Waals surface area contributed by atoms with E-state index in [0.717, 1.165) is 28.0 Å². The Morgan fingerprint density at radius 3 is 2.03 bits per heavy atom. The Bertz CT molecular complexity index is 884. The van der Waals surface area contributed by atoms with Gasteiger partial charge in [-0.3, -0.25) is 0 Å². The van der Waals surface area contributed by atoms with Crippen LogP contribution in [-0.2, 0) is 11.8 Å². The number of aliphatic hydroxyl groups excluding tert-OH is 2. The first kappa shape index (κ1) is 22.4. The van der Waals surface area contributed by atoms with Crippen LogP contribution in [0.4, 0.5) is 0 Å². The zero-order valence-corrected chi connectivity index (χ0v) is 18.9. The average molecular weight is 415 g/mol. The van der Waals surface area contributed by atoms with Gasteiger partial charge in [-0.2, -0.15) is 0 Å². The molecule has 3 atom stereocenters. The molecule has 0 spiro atoms. The topological polar surface area (TPSA) is 68.2 Å². The van der Waals surface area contributed by atoms with E-state index in [4.69, 9.17) is 14.2 Å². The van der Waals surface area contributed by atoms with Gasteiger partial charge in [-0.1, -0.05) is 32.9 Å². The summed E-state index contributed by atoms with van der Waals surface area (Å²) >= 11 is 0. The summed E-state index contributed by atoms with van der Waals surface area (Å²) in [6.07, 6.45) is 0.691. The first-order chi connectivity index (χ1) is 14.3. The molecule has 5 heteroatoms. The molecule has 164 valence electrons. The molecule has 0 heterocycles. The van der Waals surface area contributed by atoms with Crippen molar-refractivity contribution in [3.05, 3.63) is 52.6 Å². The van der Waals surface area contributed by atoms with Crippen LogP contribution in [0, 0.1) is 11.8 Å². The lowest BCUT2D eigenvalue weighted by Gasteiger charge is -2.39. The molecule has 2 aromatic rings. The first-order valence-corrected chi connectivity index (χ1v) is 10.4. The van der Waals surface area contributed by atoms with E-state index in [9.17, 15) is 10.2 Å². The Labute approximate surface area is 179 Å². The summed E-state index contributed by atoms with van der Waals surface area (Å²) in [5.41, 5.74) is 4.36. The van der Waals surface area contributed by atoms with Crippen LogP contribution >= 0.6 is 0 Å². The normalized spacial score (nSPS) is 21.1. The van der Waals surface area contributed by atoms with Gasteiger partial charge in [0.25, 0.3) is 0 Å². The van der Waals surface area contributed by atoms with E-state index in [1.807, 2.05) is 18.2 Å². The highest BCUT2D eigenvalue weighted by Gasteiger charge is 2.38. The predicted octanol–water partition coefficient (Wildman–Crippen LogP) is 3.91. The summed E-state index contributed by atoms with van der Waals surface area (Å²) in [5.74, 6) is 2.01. The van der Waals surface area contributed by atoms with E-state index in [2.05, 4.69) is 32.9 Å². The quantitative estimate of drug-likeness (QED) is 0.750. The minimum Gasteiger partial charge on any atom is -0.496 e. The molecule has 0 aliphatic heterocycles. The molecule has 0 saturated heterocycles. The average Bonchev–Trinajstić information content (AvgIpc) is 2.75. The fraction of sp³-hybridized carbons (Fsp3) is 0.520. The van der Waals surface area contributed by atoms with Gasteiger partial charge >= 0.3 is 0 Å². The largest absolute Gasteiger partial charge is 0.496 e. The van der Waals surface area contributed by atoms with Crippen molar-refractivity contribution < 1.29 is 24.4 Å². The Balaban J connectivity index is 2.24. The highest BCUT2D eigenvalue weighted by molar-refractivity contribution is 5.54. The van der Waals surface area contributed by atoms with E-state index < -0.39 is 0 Å². The molecule has 0 aromatic heterocycles. The molecule has 3 rings (SSSR count). The number of hydrogen-bond donors (Lipinski definition) is 2. The first-order valence-electron chi connectivity index (χ1n) is 10.4. The molecule has 0 radical (unpaired) electrons. The Morgan fingerprint density at radius 1 is 0.867 bits per heavy atom. The Hall–Kier alpha value is -2.24. The van der Waals surface area contributed by atoms with E-state index in [-0.39, 0.29) is 36.4 Å². The molecule has 0 unspecified atom stereocenters. The number of aliphatic hydroxyl groups is 2. The number of rotatable bonds is 6. The fourth-order valence-electron chi connectivity index (χ4n) is 4.73. The van der Waals surface area contributed by atoms with Gasteiger partial charge in [0, 0.05) is 19.1 Å². The lowest BCUT2D eigenvalue weighted by atomic mass is 9.66. The number of methoxy groups -OCH3 is 3. The number of ether oxygens (including phenoxy) is 3. The van der Waals surface area contributed by atoms with Crippen LogP contribution in [0.5, 0.6) is 17.2 Å². The Kier molecular flexibility index (Phi) is 6.63. The van der Waals surface area contributed by atoms with Crippen molar-refractivity contribution in [3.8, 4) is 17.2 Å². The second-order valence-corrected chi connectivity index (χ2v) is 9.09. The Morgan fingerprint density at radius 2 is 1.50 bits per heavy atom. The zero-order chi connectivity index (χ0) is 22.1. The van der Waals surface area contributed by atoms with Gasteiger partial charge in [0.1, 0.15) is 5.75 Å². The van der Waals surface area contributed by atoms with Gasteiger partial charge in [0.05, 0.1) is 21.3 Å². The van der Waals surface area contributed by atoms with Gasteiger partial charge < -0.3 is 24.4 Å². The SMILES string of the molecule is COc1cc2c(cc1OC)[C@@H](c1ccc(OC)c(C(C)(C)C)c1)[C@H](CO)[C@@H](CO)C2. The van der Waals surface area contributed by atoms with Crippen molar-refractivity contribution in [2.75, 3.05) is 34.5 Å². The third-order valence-electron chi connectivity index (χ3n) is 6.33. The maximum absolute atomic E-state index is 10.3. The third kappa shape index (κ3) is 4.01. The van der Waals surface area contributed by atoms with Crippen LogP contribution in [0.25, 0.3) is 0 Å². The minimum absolute atomic E-state index is 0.000554. The maximum atomic E-state index is 10.3. The van der Waals surface area contributed by atoms with E-state index in [1.165, 1.54) is 0 Å². The molecule has 0 amide bonds. The van der Waals surface area contributed by atoms with Crippen LogP contribution in [-0.4, -0.2) is 44.8 Å². The van der Waals surface area contributed by atoms with E-state index in [1.54, 1.807) is 21.3 Å². The van der Waals surface area contributed by atoms with Gasteiger partial charge in [-0.25, -0.2) is 0 Å². The maximum Gasteiger partial charge on any atom is 0.161 e. The third-order valence-corrected chi connectivity index (χ3v) is 6.33. The number of hydrogen-bond acceptors (Lipinski definition) is 5. The summed E-state index contributed by atoms with van der Waals surface area (Å²) in [6, 6.07) is 10.3. The summed E-state index contributed by atoms with van der Waals surface area (Å²) in [5, 5.41) is 20.4. The number of benzene rings is 2. The van der Waals surface area contributed by atoms with E-state index in [0.29, 0.717) is 17.9 Å². The van der Waals surface area contributed by atoms with Gasteiger partial charge in [-0.05, 0) is 64.1 Å². The van der Waals surface area contributed by atoms with Crippen molar-refractivity contribution >= 4 is 0 Å². The predicted molar refractivity (Wildman–Crippen MR) is 118 cm³/mol. The molecule has 1 aliphatic rings. The zero-order valence-electron chi connectivity index (χ0n) is 18.9. The lowest BCUT2D eigenvalue weighted by molar-refractivity contribution is 0.101. The van der Waals surface area contributed by atoms with Crippen LogP contribution in [0.1, 0.15) is 48.9 Å². The van der Waals surface area contributed by atoms with Gasteiger partial charge in [0.15, 0.2) is 11.5 Å². The van der Waals surface area contributed by atoms with Crippen LogP contribution in [0.15, 0.2) is 30.3 Å². The van der Waals surface area contributed by atoms with Crippen LogP contribution in [0.2, 0.25) is 0 Å². The lowest BCUT2D eigenvalue weighted by Crippen LogP contribution is -2.35. The fourth-order valence-corrected chi connectivity index (χ4v) is 4.73. The molecule has 30 heavy (non-hydrogen) atoms. The molecule has 0 bridgehead atoms. The van der Waals surface area contributed by atoms with Crippen molar-refractivity contribution in [1.82, 2.24) is 0 Å². The molecular formula is C25H34O5. The molecule has 2 aromatic carbocycles. The molecular weight excluding hydrogens is 380 g/mol. The van der Waals surface area contributed by atoms with Crippen molar-refractivity contribution in [1.29, 1.82) is 0 Å². The van der Waals surface area contributed by atoms with Crippen LogP contribution in [0.3, 0.4) is 0 Å². The molecule has 2 N–H and O–H groups in total. The second kappa shape index (κ2) is 8.86. The highest BCUT2D eigenvalue weighted by Crippen LogP contribution is 2.48. The molecule has 0 saturated carbocycles. The van der Waals surface area contributed by atoms with E-state index >= 15 is 0 Å². The smallest absolute Gasteiger partial charge is 0.161 e. The second-order valence-electron chi connectivity index (χ2n) is 9.09. The molecule has 5 nitrogen and oxygen atoms in total. The summed E-state index contributed by atoms with van der Waals surface area (Å²) in [4.78, 5) is 0. The molecule has 1 aliphatic carbocycles. The minimum atomic E-state index is -0.0957. The number of fused-ring (bicyclic) bond motifs is 1. The molecule has 0 fully saturated rings. The van der Waals surface area contributed by atoms with Gasteiger partial charge in [0.2, 0.25) is 0 Å². The summed E-state index contributed by atoms with van der Waals surface area (Å²) < 4.78 is 16.7. The standard InChI is InChI=1S/C25H34O5/c1-25(2,3)20-10-15(7-8-21(20)28-4)24-18-12-23(30-6)22(29-5)11-16(18)9-17(13-26)19(24)14-27/h7-8,10-12,17,19,24,26-27H,9,13-14H2,1-6H3/t17-,19-,24-/m1/s1.